The molecule has 4 heteroatoms. The summed E-state index contributed by atoms with van der Waals surface area (Å²) in [5.74, 6) is 0.428. The Hall–Kier alpha value is -0.220. The Morgan fingerprint density at radius 2 is 2.27 bits per heavy atom. The van der Waals surface area contributed by atoms with E-state index in [1.54, 1.807) is 11.8 Å². The number of hydrogen-bond acceptors (Lipinski definition) is 3. The molecule has 0 aromatic heterocycles. The van der Waals surface area contributed by atoms with Crippen LogP contribution in [0.3, 0.4) is 0 Å². The Bertz CT molecular complexity index is 208. The number of carboxylic acids is 1. The van der Waals surface area contributed by atoms with E-state index in [-0.39, 0.29) is 6.42 Å². The van der Waals surface area contributed by atoms with Crippen molar-refractivity contribution in [3.63, 3.8) is 0 Å². The molecular weight excluding hydrogens is 212 g/mol. The maximum atomic E-state index is 10.3. The standard InChI is InChI=1S/C11H20O3S/c1-8-3-2-4-10(5-8)15-7-9(12)6-11(13)14/h8-10,12H,2-7H2,1H3,(H,13,14). The summed E-state index contributed by atoms with van der Waals surface area (Å²) in [5.41, 5.74) is 0. The summed E-state index contributed by atoms with van der Waals surface area (Å²) in [7, 11) is 0. The normalized spacial score (nSPS) is 28.7. The van der Waals surface area contributed by atoms with Crippen LogP contribution in [0, 0.1) is 5.92 Å². The lowest BCUT2D eigenvalue weighted by molar-refractivity contribution is -0.138. The average molecular weight is 232 g/mol. The van der Waals surface area contributed by atoms with Gasteiger partial charge in [-0.25, -0.2) is 0 Å². The van der Waals surface area contributed by atoms with Crippen LogP contribution in [-0.2, 0) is 4.79 Å². The van der Waals surface area contributed by atoms with Gasteiger partial charge < -0.3 is 10.2 Å². The number of thioether (sulfide) groups is 1. The molecule has 0 amide bonds. The van der Waals surface area contributed by atoms with E-state index in [4.69, 9.17) is 5.11 Å². The lowest BCUT2D eigenvalue weighted by atomic mass is 9.91. The first-order chi connectivity index (χ1) is 7.08. The van der Waals surface area contributed by atoms with Gasteiger partial charge >= 0.3 is 5.97 Å². The molecule has 1 saturated carbocycles. The zero-order valence-corrected chi connectivity index (χ0v) is 10.0. The minimum absolute atomic E-state index is 0.130. The molecule has 2 N–H and O–H groups in total. The average Bonchev–Trinajstić information content (AvgIpc) is 2.14. The number of aliphatic carboxylic acids is 1. The Kier molecular flexibility index (Phi) is 5.47. The molecule has 0 bridgehead atoms. The van der Waals surface area contributed by atoms with Gasteiger partial charge in [-0.15, -0.1) is 0 Å². The summed E-state index contributed by atoms with van der Waals surface area (Å²) in [6.45, 7) is 2.26. The van der Waals surface area contributed by atoms with Crippen LogP contribution in [0.2, 0.25) is 0 Å². The first-order valence-corrected chi connectivity index (χ1v) is 6.64. The smallest absolute Gasteiger partial charge is 0.306 e. The molecule has 0 spiro atoms. The zero-order chi connectivity index (χ0) is 11.3. The van der Waals surface area contributed by atoms with E-state index in [2.05, 4.69) is 6.92 Å². The van der Waals surface area contributed by atoms with E-state index >= 15 is 0 Å². The predicted octanol–water partition coefficient (Wildman–Crippen LogP) is 2.13. The summed E-state index contributed by atoms with van der Waals surface area (Å²) < 4.78 is 0. The van der Waals surface area contributed by atoms with Gasteiger partial charge in [0.1, 0.15) is 0 Å². The van der Waals surface area contributed by atoms with Gasteiger partial charge in [0.05, 0.1) is 12.5 Å². The lowest BCUT2D eigenvalue weighted by Crippen LogP contribution is -2.20. The van der Waals surface area contributed by atoms with Crippen molar-refractivity contribution >= 4 is 17.7 Å². The molecule has 1 aliphatic rings. The van der Waals surface area contributed by atoms with Gasteiger partial charge in [-0.1, -0.05) is 19.8 Å². The molecule has 3 atom stereocenters. The minimum atomic E-state index is -0.917. The van der Waals surface area contributed by atoms with Gasteiger partial charge in [0.15, 0.2) is 0 Å². The SMILES string of the molecule is CC1CCCC(SCC(O)CC(=O)O)C1. The largest absolute Gasteiger partial charge is 0.481 e. The Morgan fingerprint density at radius 1 is 1.53 bits per heavy atom. The van der Waals surface area contributed by atoms with E-state index in [0.717, 1.165) is 5.92 Å². The van der Waals surface area contributed by atoms with Gasteiger partial charge in [-0.05, 0) is 18.8 Å². The molecule has 0 aromatic rings. The van der Waals surface area contributed by atoms with E-state index < -0.39 is 12.1 Å². The van der Waals surface area contributed by atoms with Crippen molar-refractivity contribution in [3.8, 4) is 0 Å². The lowest BCUT2D eigenvalue weighted by Gasteiger charge is -2.26. The molecule has 88 valence electrons. The zero-order valence-electron chi connectivity index (χ0n) is 9.19. The van der Waals surface area contributed by atoms with Crippen molar-refractivity contribution in [2.75, 3.05) is 5.75 Å². The van der Waals surface area contributed by atoms with Crippen molar-refractivity contribution in [1.29, 1.82) is 0 Å². The number of carboxylic acid groups (broad SMARTS) is 1. The highest BCUT2D eigenvalue weighted by Gasteiger charge is 2.20. The van der Waals surface area contributed by atoms with Gasteiger partial charge in [-0.3, -0.25) is 4.79 Å². The Balaban J connectivity index is 2.15. The summed E-state index contributed by atoms with van der Waals surface area (Å²) in [6.07, 6.45) is 4.20. The van der Waals surface area contributed by atoms with Gasteiger partial charge in [-0.2, -0.15) is 11.8 Å². The molecule has 3 unspecified atom stereocenters. The van der Waals surface area contributed by atoms with Crippen molar-refractivity contribution in [2.24, 2.45) is 5.92 Å². The van der Waals surface area contributed by atoms with E-state index in [1.165, 1.54) is 25.7 Å². The number of carbonyl (C=O) groups is 1. The second-order valence-corrected chi connectivity index (χ2v) is 5.81. The molecular formula is C11H20O3S. The van der Waals surface area contributed by atoms with Crippen LogP contribution in [0.25, 0.3) is 0 Å². The summed E-state index contributed by atoms with van der Waals surface area (Å²) in [5, 5.41) is 18.5. The van der Waals surface area contributed by atoms with Gasteiger partial charge in [0.25, 0.3) is 0 Å². The third-order valence-corrected chi connectivity index (χ3v) is 4.30. The maximum absolute atomic E-state index is 10.3. The summed E-state index contributed by atoms with van der Waals surface area (Å²) in [6, 6.07) is 0. The monoisotopic (exact) mass is 232 g/mol. The highest BCUT2D eigenvalue weighted by Crippen LogP contribution is 2.32. The van der Waals surface area contributed by atoms with Crippen LogP contribution >= 0.6 is 11.8 Å². The molecule has 0 aliphatic heterocycles. The fourth-order valence-corrected chi connectivity index (χ4v) is 3.45. The maximum Gasteiger partial charge on any atom is 0.306 e. The molecule has 0 heterocycles. The highest BCUT2D eigenvalue weighted by molar-refractivity contribution is 7.99. The van der Waals surface area contributed by atoms with E-state index in [0.29, 0.717) is 11.0 Å². The van der Waals surface area contributed by atoms with Crippen molar-refractivity contribution in [3.05, 3.63) is 0 Å². The summed E-state index contributed by atoms with van der Waals surface area (Å²) in [4.78, 5) is 10.3. The van der Waals surface area contributed by atoms with Crippen LogP contribution in [0.4, 0.5) is 0 Å². The van der Waals surface area contributed by atoms with Crippen LogP contribution < -0.4 is 0 Å². The van der Waals surface area contributed by atoms with Gasteiger partial charge in [0, 0.05) is 11.0 Å². The number of aliphatic hydroxyl groups excluding tert-OH is 1. The molecule has 1 aliphatic carbocycles. The number of aliphatic hydroxyl groups is 1. The second-order valence-electron chi connectivity index (χ2n) is 4.48. The van der Waals surface area contributed by atoms with Crippen molar-refractivity contribution < 1.29 is 15.0 Å². The number of rotatable bonds is 5. The van der Waals surface area contributed by atoms with Crippen LogP contribution in [0.5, 0.6) is 0 Å². The number of hydrogen-bond donors (Lipinski definition) is 2. The summed E-state index contributed by atoms with van der Waals surface area (Å²) >= 11 is 1.74. The molecule has 3 nitrogen and oxygen atoms in total. The fraction of sp³-hybridized carbons (Fsp3) is 0.909. The minimum Gasteiger partial charge on any atom is -0.481 e. The van der Waals surface area contributed by atoms with Crippen molar-refractivity contribution in [2.45, 2.75) is 50.4 Å². The predicted molar refractivity (Wildman–Crippen MR) is 62.1 cm³/mol. The second kappa shape index (κ2) is 6.38. The third kappa shape index (κ3) is 5.42. The molecule has 15 heavy (non-hydrogen) atoms. The molecule has 0 aromatic carbocycles. The quantitative estimate of drug-likeness (QED) is 0.762. The first-order valence-electron chi connectivity index (χ1n) is 5.59. The van der Waals surface area contributed by atoms with Crippen LogP contribution in [0.15, 0.2) is 0 Å². The molecule has 0 radical (unpaired) electrons. The molecule has 1 fully saturated rings. The molecule has 0 saturated heterocycles. The topological polar surface area (TPSA) is 57.5 Å². The fourth-order valence-electron chi connectivity index (χ4n) is 2.04. The van der Waals surface area contributed by atoms with Gasteiger partial charge in [0.2, 0.25) is 0 Å². The Morgan fingerprint density at radius 3 is 2.87 bits per heavy atom. The third-order valence-electron chi connectivity index (χ3n) is 2.82. The van der Waals surface area contributed by atoms with E-state index in [1.807, 2.05) is 0 Å². The van der Waals surface area contributed by atoms with Crippen molar-refractivity contribution in [1.82, 2.24) is 0 Å². The van der Waals surface area contributed by atoms with Crippen LogP contribution in [-0.4, -0.2) is 33.3 Å². The highest BCUT2D eigenvalue weighted by atomic mass is 32.2. The molecule has 1 rings (SSSR count). The Labute approximate surface area is 95.3 Å². The van der Waals surface area contributed by atoms with Crippen LogP contribution in [0.1, 0.15) is 39.0 Å². The first kappa shape index (κ1) is 12.8. The van der Waals surface area contributed by atoms with E-state index in [9.17, 15) is 9.90 Å².